The Labute approximate surface area is 391 Å². The van der Waals surface area contributed by atoms with Gasteiger partial charge in [0.25, 0.3) is 0 Å². The molecule has 320 valence electrons. The predicted molar refractivity (Wildman–Crippen MR) is 286 cm³/mol. The minimum Gasteiger partial charge on any atom is -0.456 e. The first-order valence-electron chi connectivity index (χ1n) is 23.5. The second-order valence-electron chi connectivity index (χ2n) is 18.1. The van der Waals surface area contributed by atoms with Crippen molar-refractivity contribution in [1.82, 2.24) is 9.13 Å². The van der Waals surface area contributed by atoms with Crippen molar-refractivity contribution in [2.24, 2.45) is 15.9 Å². The van der Waals surface area contributed by atoms with Crippen molar-refractivity contribution < 1.29 is 4.42 Å². The summed E-state index contributed by atoms with van der Waals surface area (Å²) in [6.07, 6.45) is 3.05. The molecule has 0 spiro atoms. The number of allylic oxidation sites excluding steroid dienone is 1. The minimum atomic E-state index is 0.00160. The fraction of sp³-hybridized carbons (Fsp3) is 0.0476. The molecule has 68 heavy (non-hydrogen) atoms. The molecule has 1 aliphatic heterocycles. The van der Waals surface area contributed by atoms with Crippen LogP contribution >= 0.6 is 0 Å². The van der Waals surface area contributed by atoms with E-state index in [1.807, 2.05) is 6.07 Å². The molecule has 13 aromatic rings. The van der Waals surface area contributed by atoms with Gasteiger partial charge in [0.15, 0.2) is 5.84 Å². The predicted octanol–water partition coefficient (Wildman–Crippen LogP) is 16.5. The zero-order valence-electron chi connectivity index (χ0n) is 37.3. The molecule has 4 heterocycles. The van der Waals surface area contributed by atoms with Crippen molar-refractivity contribution in [2.75, 3.05) is 0 Å². The van der Waals surface area contributed by atoms with Gasteiger partial charge in [-0.05, 0) is 93.7 Å². The summed E-state index contributed by atoms with van der Waals surface area (Å²) < 4.78 is 11.6. The molecular weight excluding hydrogens is 829 g/mol. The summed E-state index contributed by atoms with van der Waals surface area (Å²) in [5, 5.41) is 11.8. The Bertz CT molecular complexity index is 4260. The molecule has 14 rings (SSSR count). The summed E-state index contributed by atoms with van der Waals surface area (Å²) in [5.74, 6) is 1.60. The van der Waals surface area contributed by atoms with E-state index in [1.165, 1.54) is 43.1 Å². The van der Waals surface area contributed by atoms with Gasteiger partial charge in [0.1, 0.15) is 17.0 Å². The van der Waals surface area contributed by atoms with E-state index >= 15 is 0 Å². The van der Waals surface area contributed by atoms with E-state index in [-0.39, 0.29) is 5.92 Å². The molecule has 1 atom stereocenters. The van der Waals surface area contributed by atoms with Crippen LogP contribution < -0.4 is 0 Å². The topological polar surface area (TPSA) is 47.7 Å². The summed E-state index contributed by atoms with van der Waals surface area (Å²) in [6.45, 7) is 2.30. The van der Waals surface area contributed by atoms with E-state index in [2.05, 4.69) is 228 Å². The first kappa shape index (κ1) is 38.5. The lowest BCUT2D eigenvalue weighted by Crippen LogP contribution is -2.23. The van der Waals surface area contributed by atoms with Crippen LogP contribution in [0, 0.1) is 5.92 Å². The monoisotopic (exact) mass is 870 g/mol. The number of benzene rings is 10. The van der Waals surface area contributed by atoms with Gasteiger partial charge in [-0.25, -0.2) is 9.98 Å². The highest BCUT2D eigenvalue weighted by Crippen LogP contribution is 2.45. The van der Waals surface area contributed by atoms with Crippen molar-refractivity contribution in [3.8, 4) is 16.8 Å². The standard InChI is InChI=1S/C63H42N4O/c1-39-30-32-51(64-62(45-22-15-21-42(36-45)40-16-3-2-4-17-40)65-63(39)67-52-27-12-9-24-47(52)48-25-10-13-28-53(48)67)61-55(34-35-58-60(61)49-26-11-14-29-57(49)68-58)66-54-33-31-41-18-7-8-23-46(41)59(54)50-37-43-19-5-6-20-44(43)38-56(50)66/h2-29,31-39H,30H2,1H3/b51-32+,64-62-,65-63+. The number of aromatic nitrogens is 2. The van der Waals surface area contributed by atoms with Gasteiger partial charge < -0.3 is 8.98 Å². The maximum Gasteiger partial charge on any atom is 0.161 e. The molecule has 0 fully saturated rings. The van der Waals surface area contributed by atoms with Gasteiger partial charge in [-0.15, -0.1) is 0 Å². The van der Waals surface area contributed by atoms with Gasteiger partial charge in [-0.2, -0.15) is 0 Å². The highest BCUT2D eigenvalue weighted by Gasteiger charge is 2.27. The molecule has 0 radical (unpaired) electrons. The van der Waals surface area contributed by atoms with E-state index in [4.69, 9.17) is 14.4 Å². The van der Waals surface area contributed by atoms with Crippen LogP contribution in [0.25, 0.3) is 110 Å². The van der Waals surface area contributed by atoms with Crippen LogP contribution in [-0.4, -0.2) is 20.8 Å². The van der Waals surface area contributed by atoms with Crippen molar-refractivity contribution in [2.45, 2.75) is 13.3 Å². The molecule has 5 heteroatoms. The lowest BCUT2D eigenvalue weighted by Gasteiger charge is -2.22. The van der Waals surface area contributed by atoms with E-state index < -0.39 is 0 Å². The first-order chi connectivity index (χ1) is 33.6. The van der Waals surface area contributed by atoms with Gasteiger partial charge >= 0.3 is 0 Å². The van der Waals surface area contributed by atoms with Crippen LogP contribution in [0.15, 0.2) is 233 Å². The SMILES string of the molecule is CC1C/C=C(c2c(-n3c4cc5ccccc5cc4c4c5ccccc5ccc43)ccc3oc4ccccc4c23)/N=C(c2cccc(-c3ccccc3)c2)\N=C/1n1c2ccccc2c2ccccc21. The maximum absolute atomic E-state index is 6.73. The largest absolute Gasteiger partial charge is 0.456 e. The Morgan fingerprint density at radius 3 is 1.87 bits per heavy atom. The minimum absolute atomic E-state index is 0.00160. The Hall–Kier alpha value is -8.80. The van der Waals surface area contributed by atoms with Gasteiger partial charge in [0.2, 0.25) is 0 Å². The van der Waals surface area contributed by atoms with Crippen molar-refractivity contribution >= 4 is 104 Å². The molecule has 0 saturated carbocycles. The number of aliphatic imine (C=N–C) groups is 2. The number of amidine groups is 1. The highest BCUT2D eigenvalue weighted by atomic mass is 16.3. The van der Waals surface area contributed by atoms with Crippen molar-refractivity contribution in [3.63, 3.8) is 0 Å². The van der Waals surface area contributed by atoms with Crippen LogP contribution in [0.4, 0.5) is 0 Å². The highest BCUT2D eigenvalue weighted by molar-refractivity contribution is 6.24. The van der Waals surface area contributed by atoms with E-state index in [9.17, 15) is 0 Å². The molecule has 0 bridgehead atoms. The number of fused-ring (bicyclic) bond motifs is 12. The molecule has 0 N–H and O–H groups in total. The summed E-state index contributed by atoms with van der Waals surface area (Å²) in [6, 6.07) is 76.1. The third-order valence-corrected chi connectivity index (χ3v) is 14.1. The molecule has 0 saturated heterocycles. The fourth-order valence-electron chi connectivity index (χ4n) is 11.0. The number of hydrogen-bond acceptors (Lipinski definition) is 3. The smallest absolute Gasteiger partial charge is 0.161 e. The number of nitrogens with zero attached hydrogens (tertiary/aromatic N) is 4. The van der Waals surface area contributed by atoms with Gasteiger partial charge in [-0.1, -0.05) is 171 Å². The van der Waals surface area contributed by atoms with Gasteiger partial charge in [0, 0.05) is 49.4 Å². The third kappa shape index (κ3) is 5.89. The van der Waals surface area contributed by atoms with Crippen LogP contribution in [0.3, 0.4) is 0 Å². The second kappa shape index (κ2) is 15.1. The quantitative estimate of drug-likeness (QED) is 0.174. The van der Waals surface area contributed by atoms with Gasteiger partial charge in [0.05, 0.1) is 33.5 Å². The average Bonchev–Trinajstić information content (AvgIpc) is 4.05. The van der Waals surface area contributed by atoms with Crippen LogP contribution in [0.1, 0.15) is 24.5 Å². The lowest BCUT2D eigenvalue weighted by atomic mass is 9.97. The Balaban J connectivity index is 1.10. The molecule has 1 aliphatic rings. The van der Waals surface area contributed by atoms with Gasteiger partial charge in [-0.3, -0.25) is 4.57 Å². The molecule has 5 nitrogen and oxygen atoms in total. The first-order valence-corrected chi connectivity index (χ1v) is 23.5. The van der Waals surface area contributed by atoms with Crippen LogP contribution in [-0.2, 0) is 0 Å². The summed E-state index contributed by atoms with van der Waals surface area (Å²) in [7, 11) is 0. The maximum atomic E-state index is 6.73. The molecule has 3 aromatic heterocycles. The van der Waals surface area contributed by atoms with Crippen molar-refractivity contribution in [1.29, 1.82) is 0 Å². The molecule has 10 aromatic carbocycles. The molecule has 1 unspecified atom stereocenters. The van der Waals surface area contributed by atoms with Crippen LogP contribution in [0.5, 0.6) is 0 Å². The summed E-state index contributed by atoms with van der Waals surface area (Å²) in [4.78, 5) is 11.6. The van der Waals surface area contributed by atoms with E-state index in [1.54, 1.807) is 0 Å². The number of furan rings is 1. The molecular formula is C63H42N4O. The zero-order chi connectivity index (χ0) is 44.9. The zero-order valence-corrected chi connectivity index (χ0v) is 37.3. The number of para-hydroxylation sites is 3. The number of hydrogen-bond donors (Lipinski definition) is 0. The van der Waals surface area contributed by atoms with Crippen LogP contribution in [0.2, 0.25) is 0 Å². The molecule has 0 amide bonds. The van der Waals surface area contributed by atoms with Crippen molar-refractivity contribution in [3.05, 3.63) is 230 Å². The molecule has 0 aliphatic carbocycles. The Morgan fingerprint density at radius 2 is 1.07 bits per heavy atom. The number of rotatable bonds is 4. The Kier molecular flexibility index (Phi) is 8.56. The Morgan fingerprint density at radius 1 is 0.426 bits per heavy atom. The fourth-order valence-corrected chi connectivity index (χ4v) is 11.0. The lowest BCUT2D eigenvalue weighted by molar-refractivity contribution is 0.669. The summed E-state index contributed by atoms with van der Waals surface area (Å²) >= 11 is 0. The average molecular weight is 871 g/mol. The third-order valence-electron chi connectivity index (χ3n) is 14.1. The summed E-state index contributed by atoms with van der Waals surface area (Å²) in [5.41, 5.74) is 12.2. The van der Waals surface area contributed by atoms with E-state index in [0.717, 1.165) is 83.5 Å². The normalized spacial score (nSPS) is 16.9. The second-order valence-corrected chi connectivity index (χ2v) is 18.1. The van der Waals surface area contributed by atoms with E-state index in [0.29, 0.717) is 12.3 Å².